The molecule has 0 aromatic rings. The zero-order chi connectivity index (χ0) is 16.5. The van der Waals surface area contributed by atoms with Gasteiger partial charge in [-0.2, -0.15) is 0 Å². The Labute approximate surface area is 132 Å². The van der Waals surface area contributed by atoms with Crippen LogP contribution in [0.25, 0.3) is 0 Å². The van der Waals surface area contributed by atoms with Gasteiger partial charge in [0, 0.05) is 19.1 Å². The van der Waals surface area contributed by atoms with Crippen molar-refractivity contribution in [1.29, 1.82) is 0 Å². The summed E-state index contributed by atoms with van der Waals surface area (Å²) >= 11 is 0. The van der Waals surface area contributed by atoms with E-state index in [9.17, 15) is 14.7 Å². The Kier molecular flexibility index (Phi) is 4.70. The summed E-state index contributed by atoms with van der Waals surface area (Å²) in [6, 6.07) is 0.265. The zero-order valence-electron chi connectivity index (χ0n) is 14.1. The minimum atomic E-state index is -1.14. The van der Waals surface area contributed by atoms with Gasteiger partial charge in [-0.1, -0.05) is 0 Å². The van der Waals surface area contributed by atoms with Crippen LogP contribution in [0.3, 0.4) is 0 Å². The number of piperidine rings is 1. The van der Waals surface area contributed by atoms with Crippen LogP contribution < -0.4 is 0 Å². The van der Waals surface area contributed by atoms with Crippen molar-refractivity contribution in [3.8, 4) is 0 Å². The number of carbonyl (C=O) groups is 2. The SMILES string of the molecule is CCN(C(=O)OC(C)(C)C)C1(C(=O)O)CCN2CCCC2C1. The molecule has 1 N–H and O–H groups in total. The van der Waals surface area contributed by atoms with Gasteiger partial charge < -0.3 is 14.7 Å². The summed E-state index contributed by atoms with van der Waals surface area (Å²) in [5.74, 6) is -0.910. The summed E-state index contributed by atoms with van der Waals surface area (Å²) in [5, 5.41) is 9.89. The molecule has 1 amide bonds. The molecule has 22 heavy (non-hydrogen) atoms. The predicted molar refractivity (Wildman–Crippen MR) is 82.8 cm³/mol. The number of carboxylic acid groups (broad SMARTS) is 1. The number of ether oxygens (including phenoxy) is 1. The zero-order valence-corrected chi connectivity index (χ0v) is 14.1. The van der Waals surface area contributed by atoms with Crippen molar-refractivity contribution in [1.82, 2.24) is 9.80 Å². The summed E-state index contributed by atoms with van der Waals surface area (Å²) in [4.78, 5) is 28.4. The molecule has 2 unspecified atom stereocenters. The smallest absolute Gasteiger partial charge is 0.411 e. The number of amides is 1. The normalized spacial score (nSPS) is 29.0. The van der Waals surface area contributed by atoms with Crippen LogP contribution in [-0.2, 0) is 9.53 Å². The molecule has 2 aliphatic heterocycles. The van der Waals surface area contributed by atoms with Gasteiger partial charge in [0.2, 0.25) is 0 Å². The highest BCUT2D eigenvalue weighted by molar-refractivity contribution is 5.85. The van der Waals surface area contributed by atoms with E-state index in [0.29, 0.717) is 19.4 Å². The fraction of sp³-hybridized carbons (Fsp3) is 0.875. The van der Waals surface area contributed by atoms with E-state index in [1.807, 2.05) is 6.92 Å². The molecule has 2 fully saturated rings. The number of hydrogen-bond donors (Lipinski definition) is 1. The number of carbonyl (C=O) groups excluding carboxylic acids is 1. The number of fused-ring (bicyclic) bond motifs is 1. The van der Waals surface area contributed by atoms with Gasteiger partial charge >= 0.3 is 12.1 Å². The van der Waals surface area contributed by atoms with Crippen LogP contribution in [0.2, 0.25) is 0 Å². The minimum absolute atomic E-state index is 0.265. The Hall–Kier alpha value is -1.30. The molecule has 2 saturated heterocycles. The number of hydrogen-bond acceptors (Lipinski definition) is 4. The third-order valence-corrected chi connectivity index (χ3v) is 4.73. The van der Waals surface area contributed by atoms with Gasteiger partial charge in [-0.05, 0) is 59.9 Å². The average Bonchev–Trinajstić information content (AvgIpc) is 2.84. The van der Waals surface area contributed by atoms with Gasteiger partial charge in [0.15, 0.2) is 0 Å². The van der Waals surface area contributed by atoms with Crippen molar-refractivity contribution in [2.24, 2.45) is 0 Å². The fourth-order valence-electron chi connectivity index (χ4n) is 3.72. The molecule has 0 aromatic carbocycles. The Bertz CT molecular complexity index is 446. The van der Waals surface area contributed by atoms with E-state index in [4.69, 9.17) is 4.74 Å². The molecule has 2 aliphatic rings. The Morgan fingerprint density at radius 1 is 1.36 bits per heavy atom. The highest BCUT2D eigenvalue weighted by Gasteiger charge is 2.52. The topological polar surface area (TPSA) is 70.1 Å². The van der Waals surface area contributed by atoms with E-state index in [2.05, 4.69) is 4.90 Å². The predicted octanol–water partition coefficient (Wildman–Crippen LogP) is 2.33. The third kappa shape index (κ3) is 3.21. The lowest BCUT2D eigenvalue weighted by atomic mass is 9.81. The summed E-state index contributed by atoms with van der Waals surface area (Å²) in [6.07, 6.45) is 2.56. The molecule has 2 rings (SSSR count). The second-order valence-electron chi connectivity index (χ2n) is 7.35. The van der Waals surface area contributed by atoms with Gasteiger partial charge in [-0.15, -0.1) is 0 Å². The maximum Gasteiger partial charge on any atom is 0.411 e. The molecule has 2 heterocycles. The van der Waals surface area contributed by atoms with Gasteiger partial charge in [0.25, 0.3) is 0 Å². The van der Waals surface area contributed by atoms with Crippen LogP contribution in [0.5, 0.6) is 0 Å². The molecule has 6 heteroatoms. The second kappa shape index (κ2) is 6.07. The Morgan fingerprint density at radius 3 is 2.59 bits per heavy atom. The molecule has 6 nitrogen and oxygen atoms in total. The van der Waals surface area contributed by atoms with Gasteiger partial charge in [0.05, 0.1) is 0 Å². The largest absolute Gasteiger partial charge is 0.479 e. The average molecular weight is 312 g/mol. The highest BCUT2D eigenvalue weighted by Crippen LogP contribution is 2.38. The number of nitrogens with zero attached hydrogens (tertiary/aromatic N) is 2. The summed E-state index contributed by atoms with van der Waals surface area (Å²) < 4.78 is 5.44. The molecular weight excluding hydrogens is 284 g/mol. The summed E-state index contributed by atoms with van der Waals surface area (Å²) in [6.45, 7) is 9.32. The van der Waals surface area contributed by atoms with Crippen LogP contribution in [0.15, 0.2) is 0 Å². The second-order valence-corrected chi connectivity index (χ2v) is 7.35. The minimum Gasteiger partial charge on any atom is -0.479 e. The van der Waals surface area contributed by atoms with Gasteiger partial charge in [0.1, 0.15) is 11.1 Å². The molecule has 0 spiro atoms. The highest BCUT2D eigenvalue weighted by atomic mass is 16.6. The Balaban J connectivity index is 2.24. The molecule has 0 aliphatic carbocycles. The van der Waals surface area contributed by atoms with Crippen molar-refractivity contribution in [3.63, 3.8) is 0 Å². The fourth-order valence-corrected chi connectivity index (χ4v) is 3.72. The summed E-state index contributed by atoms with van der Waals surface area (Å²) in [5.41, 5.74) is -1.76. The van der Waals surface area contributed by atoms with Gasteiger partial charge in [-0.25, -0.2) is 9.59 Å². The first-order valence-corrected chi connectivity index (χ1v) is 8.17. The molecule has 2 atom stereocenters. The number of rotatable bonds is 3. The number of likely N-dealkylation sites (N-methyl/N-ethyl adjacent to an activating group) is 1. The van der Waals surface area contributed by atoms with Crippen molar-refractivity contribution < 1.29 is 19.4 Å². The molecule has 0 saturated carbocycles. The molecule has 126 valence electrons. The lowest BCUT2D eigenvalue weighted by molar-refractivity contribution is -0.156. The van der Waals surface area contributed by atoms with E-state index in [1.165, 1.54) is 4.90 Å². The lowest BCUT2D eigenvalue weighted by Gasteiger charge is -2.47. The van der Waals surface area contributed by atoms with Gasteiger partial charge in [-0.3, -0.25) is 4.90 Å². The van der Waals surface area contributed by atoms with E-state index < -0.39 is 23.2 Å². The monoisotopic (exact) mass is 312 g/mol. The van der Waals surface area contributed by atoms with Crippen LogP contribution in [0.4, 0.5) is 4.79 Å². The van der Waals surface area contributed by atoms with Crippen molar-refractivity contribution in [2.45, 2.75) is 70.6 Å². The first-order valence-electron chi connectivity index (χ1n) is 8.17. The van der Waals surface area contributed by atoms with E-state index in [1.54, 1.807) is 20.8 Å². The first kappa shape index (κ1) is 17.1. The maximum absolute atomic E-state index is 12.5. The quantitative estimate of drug-likeness (QED) is 0.866. The van der Waals surface area contributed by atoms with Crippen molar-refractivity contribution in [3.05, 3.63) is 0 Å². The van der Waals surface area contributed by atoms with E-state index in [-0.39, 0.29) is 6.04 Å². The molecule has 0 radical (unpaired) electrons. The van der Waals surface area contributed by atoms with Crippen LogP contribution in [-0.4, -0.2) is 63.8 Å². The molecule has 0 aromatic heterocycles. The maximum atomic E-state index is 12.5. The summed E-state index contributed by atoms with van der Waals surface area (Å²) in [7, 11) is 0. The molecule has 0 bridgehead atoms. The van der Waals surface area contributed by atoms with Crippen molar-refractivity contribution in [2.75, 3.05) is 19.6 Å². The number of carboxylic acids is 1. The van der Waals surface area contributed by atoms with E-state index in [0.717, 1.165) is 25.9 Å². The van der Waals surface area contributed by atoms with E-state index >= 15 is 0 Å². The van der Waals surface area contributed by atoms with Crippen molar-refractivity contribution >= 4 is 12.1 Å². The standard InChI is InChI=1S/C16H28N2O4/c1-5-18(14(21)22-15(2,3)4)16(13(19)20)8-10-17-9-6-7-12(17)11-16/h12H,5-11H2,1-4H3,(H,19,20). The Morgan fingerprint density at radius 2 is 2.05 bits per heavy atom. The lowest BCUT2D eigenvalue weighted by Crippen LogP contribution is -2.63. The van der Waals surface area contributed by atoms with Crippen LogP contribution in [0.1, 0.15) is 53.4 Å². The third-order valence-electron chi connectivity index (χ3n) is 4.73. The number of aliphatic carboxylic acids is 1. The van der Waals surface area contributed by atoms with Crippen LogP contribution in [0, 0.1) is 0 Å². The molecular formula is C16H28N2O4. The van der Waals surface area contributed by atoms with Crippen LogP contribution >= 0.6 is 0 Å². The first-order chi connectivity index (χ1) is 10.2.